The van der Waals surface area contributed by atoms with Crippen molar-refractivity contribution in [3.05, 3.63) is 47.2 Å². The fourth-order valence-electron chi connectivity index (χ4n) is 3.91. The number of nitriles is 1. The lowest BCUT2D eigenvalue weighted by Gasteiger charge is -2.40. The van der Waals surface area contributed by atoms with Gasteiger partial charge in [0, 0.05) is 44.6 Å². The molecule has 2 aliphatic heterocycles. The lowest BCUT2D eigenvalue weighted by atomic mass is 9.99. The van der Waals surface area contributed by atoms with E-state index in [9.17, 15) is 14.4 Å². The van der Waals surface area contributed by atoms with Crippen LogP contribution in [0.5, 0.6) is 0 Å². The van der Waals surface area contributed by atoms with Crippen LogP contribution in [0, 0.1) is 17.1 Å². The Morgan fingerprint density at radius 3 is 2.97 bits per heavy atom. The number of halogens is 1. The average Bonchev–Trinajstić information content (AvgIpc) is 2.75. The van der Waals surface area contributed by atoms with Gasteiger partial charge >= 0.3 is 6.03 Å². The van der Waals surface area contributed by atoms with Gasteiger partial charge in [-0.15, -0.1) is 0 Å². The number of carbonyl (C=O) groups is 1. The van der Waals surface area contributed by atoms with Crippen LogP contribution in [0.3, 0.4) is 0 Å². The third kappa shape index (κ3) is 3.71. The molecule has 1 aromatic heterocycles. The number of nitrogens with one attached hydrogen (secondary N) is 2. The highest BCUT2D eigenvalue weighted by atomic mass is 19.1. The quantitative estimate of drug-likeness (QED) is 0.806. The molecule has 29 heavy (non-hydrogen) atoms. The zero-order chi connectivity index (χ0) is 20.4. The first kappa shape index (κ1) is 19.1. The third-order valence-electron chi connectivity index (χ3n) is 5.42. The summed E-state index contributed by atoms with van der Waals surface area (Å²) in [5.74, 6) is 0.179. The summed E-state index contributed by atoms with van der Waals surface area (Å²) in [6.45, 7) is 4.76. The smallest absolute Gasteiger partial charge is 0.322 e. The highest BCUT2D eigenvalue weighted by Crippen LogP contribution is 2.25. The summed E-state index contributed by atoms with van der Waals surface area (Å²) in [7, 11) is 0. The molecule has 0 bridgehead atoms. The second-order valence-corrected chi connectivity index (χ2v) is 7.25. The van der Waals surface area contributed by atoms with Gasteiger partial charge in [0.25, 0.3) is 0 Å². The minimum Gasteiger partial charge on any atom is -0.350 e. The van der Waals surface area contributed by atoms with Gasteiger partial charge in [0.1, 0.15) is 11.9 Å². The van der Waals surface area contributed by atoms with Gasteiger partial charge in [-0.3, -0.25) is 0 Å². The van der Waals surface area contributed by atoms with Gasteiger partial charge < -0.3 is 20.4 Å². The summed E-state index contributed by atoms with van der Waals surface area (Å²) in [5.41, 5.74) is 2.09. The second-order valence-electron chi connectivity index (χ2n) is 7.25. The van der Waals surface area contributed by atoms with Crippen molar-refractivity contribution in [1.29, 1.82) is 5.26 Å². The fraction of sp³-hybridized carbons (Fsp3) is 0.400. The van der Waals surface area contributed by atoms with Crippen LogP contribution in [0.1, 0.15) is 23.7 Å². The van der Waals surface area contributed by atoms with Crippen molar-refractivity contribution >= 4 is 17.5 Å². The zero-order valence-electron chi connectivity index (χ0n) is 16.2. The first-order valence-corrected chi connectivity index (χ1v) is 9.63. The van der Waals surface area contributed by atoms with Crippen molar-refractivity contribution < 1.29 is 9.18 Å². The van der Waals surface area contributed by atoms with Crippen molar-refractivity contribution in [3.8, 4) is 6.07 Å². The maximum atomic E-state index is 14.8. The topological polar surface area (TPSA) is 97.2 Å². The van der Waals surface area contributed by atoms with E-state index in [1.807, 2.05) is 17.9 Å². The molecular weight excluding hydrogens is 373 g/mol. The van der Waals surface area contributed by atoms with Crippen molar-refractivity contribution in [3.63, 3.8) is 0 Å². The minimum absolute atomic E-state index is 0.137. The molecule has 1 aromatic carbocycles. The fourth-order valence-corrected chi connectivity index (χ4v) is 3.91. The SMILES string of the molecule is CC1CN(c2nccnc2C#N)CCN1C(=O)Nc1ccc2c(c1F)CCNC2. The molecule has 0 saturated carbocycles. The van der Waals surface area contributed by atoms with E-state index in [1.54, 1.807) is 17.2 Å². The number of rotatable bonds is 2. The van der Waals surface area contributed by atoms with Crippen molar-refractivity contribution in [2.75, 3.05) is 36.4 Å². The van der Waals surface area contributed by atoms with Crippen molar-refractivity contribution in [1.82, 2.24) is 20.2 Å². The molecule has 1 unspecified atom stereocenters. The zero-order valence-corrected chi connectivity index (χ0v) is 16.2. The predicted octanol–water partition coefficient (Wildman–Crippen LogP) is 1.88. The van der Waals surface area contributed by atoms with Crippen LogP contribution in [0.2, 0.25) is 0 Å². The standard InChI is InChI=1S/C20H22FN7O/c1-13-12-27(19-17(10-22)24-6-7-25-19)8-9-28(13)20(29)26-16-3-2-14-11-23-5-4-15(14)18(16)21/h2-3,6-7,13,23H,4-5,8-9,11-12H2,1H3,(H,26,29). The lowest BCUT2D eigenvalue weighted by molar-refractivity contribution is 0.184. The number of hydrogen-bond donors (Lipinski definition) is 2. The Labute approximate surface area is 168 Å². The largest absolute Gasteiger partial charge is 0.350 e. The van der Waals surface area contributed by atoms with Crippen molar-refractivity contribution in [2.24, 2.45) is 0 Å². The first-order valence-electron chi connectivity index (χ1n) is 9.63. The Morgan fingerprint density at radius 2 is 2.17 bits per heavy atom. The molecule has 0 aliphatic carbocycles. The molecule has 0 spiro atoms. The summed E-state index contributed by atoms with van der Waals surface area (Å²) in [4.78, 5) is 24.7. The Kier molecular flexibility index (Phi) is 5.27. The van der Waals surface area contributed by atoms with E-state index < -0.39 is 0 Å². The molecule has 2 aromatic rings. The number of hydrogen-bond acceptors (Lipinski definition) is 6. The molecule has 0 radical (unpaired) electrons. The Morgan fingerprint density at radius 1 is 1.34 bits per heavy atom. The van der Waals surface area contributed by atoms with Crippen LogP contribution < -0.4 is 15.5 Å². The van der Waals surface area contributed by atoms with E-state index in [2.05, 4.69) is 26.7 Å². The summed E-state index contributed by atoms with van der Waals surface area (Å²) >= 11 is 0. The van der Waals surface area contributed by atoms with E-state index in [4.69, 9.17) is 0 Å². The van der Waals surface area contributed by atoms with Crippen LogP contribution in [0.4, 0.5) is 20.7 Å². The van der Waals surface area contributed by atoms with Crippen LogP contribution in [-0.2, 0) is 13.0 Å². The van der Waals surface area contributed by atoms with E-state index in [-0.39, 0.29) is 29.3 Å². The van der Waals surface area contributed by atoms with Crippen molar-refractivity contribution in [2.45, 2.75) is 25.9 Å². The Balaban J connectivity index is 1.45. The average molecular weight is 395 g/mol. The highest BCUT2D eigenvalue weighted by Gasteiger charge is 2.30. The molecular formula is C20H22FN7O. The molecule has 3 heterocycles. The molecule has 150 valence electrons. The van der Waals surface area contributed by atoms with E-state index >= 15 is 0 Å². The Hall–Kier alpha value is -3.25. The van der Waals surface area contributed by atoms with E-state index in [0.29, 0.717) is 44.0 Å². The third-order valence-corrected chi connectivity index (χ3v) is 5.42. The molecule has 2 amide bonds. The molecule has 8 nitrogen and oxygen atoms in total. The van der Waals surface area contributed by atoms with Crippen LogP contribution in [0.25, 0.3) is 0 Å². The molecule has 1 saturated heterocycles. The maximum Gasteiger partial charge on any atom is 0.322 e. The summed E-state index contributed by atoms with van der Waals surface area (Å²) in [6, 6.07) is 5.07. The molecule has 2 N–H and O–H groups in total. The number of piperazine rings is 1. The lowest BCUT2D eigenvalue weighted by Crippen LogP contribution is -2.55. The Bertz CT molecular complexity index is 974. The predicted molar refractivity (Wildman–Crippen MR) is 106 cm³/mol. The van der Waals surface area contributed by atoms with Crippen LogP contribution >= 0.6 is 0 Å². The van der Waals surface area contributed by atoms with Crippen LogP contribution in [0.15, 0.2) is 24.5 Å². The normalized spacial score (nSPS) is 18.7. The maximum absolute atomic E-state index is 14.8. The molecule has 1 atom stereocenters. The molecule has 2 aliphatic rings. The van der Waals surface area contributed by atoms with Gasteiger partial charge in [-0.05, 0) is 37.1 Å². The van der Waals surface area contributed by atoms with Gasteiger partial charge in [0.15, 0.2) is 11.5 Å². The minimum atomic E-state index is -0.345. The van der Waals surface area contributed by atoms with Gasteiger partial charge in [0.2, 0.25) is 0 Å². The van der Waals surface area contributed by atoms with E-state index in [0.717, 1.165) is 12.1 Å². The monoisotopic (exact) mass is 395 g/mol. The first-order chi connectivity index (χ1) is 14.1. The number of anilines is 2. The van der Waals surface area contributed by atoms with Gasteiger partial charge in [0.05, 0.1) is 5.69 Å². The number of nitrogens with zero attached hydrogens (tertiary/aromatic N) is 5. The summed E-state index contributed by atoms with van der Waals surface area (Å²) in [5, 5.41) is 15.2. The van der Waals surface area contributed by atoms with Crippen LogP contribution in [-0.4, -0.2) is 53.1 Å². The summed E-state index contributed by atoms with van der Waals surface area (Å²) < 4.78 is 14.8. The van der Waals surface area contributed by atoms with Gasteiger partial charge in [-0.2, -0.15) is 5.26 Å². The molecule has 4 rings (SSSR count). The number of urea groups is 1. The van der Waals surface area contributed by atoms with Gasteiger partial charge in [-0.25, -0.2) is 19.2 Å². The highest BCUT2D eigenvalue weighted by molar-refractivity contribution is 5.90. The number of fused-ring (bicyclic) bond motifs is 1. The number of benzene rings is 1. The number of amides is 2. The molecule has 1 fully saturated rings. The second kappa shape index (κ2) is 8.01. The van der Waals surface area contributed by atoms with Gasteiger partial charge in [-0.1, -0.05) is 6.07 Å². The molecule has 9 heteroatoms. The summed E-state index contributed by atoms with van der Waals surface area (Å²) in [6.07, 6.45) is 3.64. The number of carbonyl (C=O) groups excluding carboxylic acids is 1. The number of aromatic nitrogens is 2. The van der Waals surface area contributed by atoms with E-state index in [1.165, 1.54) is 6.20 Å².